The van der Waals surface area contributed by atoms with Crippen molar-refractivity contribution in [2.24, 2.45) is 0 Å². The number of rotatable bonds is 7. The number of nitrogens with zero attached hydrogens (tertiary/aromatic N) is 1. The molecule has 0 unspecified atom stereocenters. The van der Waals surface area contributed by atoms with E-state index < -0.39 is 0 Å². The van der Waals surface area contributed by atoms with E-state index in [0.717, 1.165) is 5.56 Å². The van der Waals surface area contributed by atoms with E-state index in [4.69, 9.17) is 5.11 Å². The van der Waals surface area contributed by atoms with Crippen LogP contribution in [0.1, 0.15) is 19.4 Å². The number of amides is 1. The summed E-state index contributed by atoms with van der Waals surface area (Å²) in [5.41, 5.74) is 0.855. The van der Waals surface area contributed by atoms with Crippen molar-refractivity contribution in [3.05, 3.63) is 35.6 Å². The maximum atomic E-state index is 12.7. The van der Waals surface area contributed by atoms with Crippen LogP contribution in [0, 0.1) is 5.82 Å². The lowest BCUT2D eigenvalue weighted by Gasteiger charge is -2.24. The monoisotopic (exact) mass is 268 g/mol. The Labute approximate surface area is 113 Å². The Morgan fingerprint density at radius 1 is 1.37 bits per heavy atom. The number of hydrogen-bond acceptors (Lipinski definition) is 3. The van der Waals surface area contributed by atoms with Crippen LogP contribution in [0.4, 0.5) is 4.39 Å². The second-order valence-electron chi connectivity index (χ2n) is 4.69. The van der Waals surface area contributed by atoms with Gasteiger partial charge >= 0.3 is 0 Å². The lowest BCUT2D eigenvalue weighted by atomic mass is 10.2. The van der Waals surface area contributed by atoms with Gasteiger partial charge in [-0.05, 0) is 31.5 Å². The third-order valence-electron chi connectivity index (χ3n) is 2.87. The topological polar surface area (TPSA) is 52.6 Å². The molecule has 19 heavy (non-hydrogen) atoms. The van der Waals surface area contributed by atoms with Crippen LogP contribution in [-0.2, 0) is 11.3 Å². The second-order valence-corrected chi connectivity index (χ2v) is 4.69. The third kappa shape index (κ3) is 5.81. The van der Waals surface area contributed by atoms with Gasteiger partial charge in [-0.3, -0.25) is 9.69 Å². The van der Waals surface area contributed by atoms with Gasteiger partial charge in [0.15, 0.2) is 0 Å². The molecule has 0 aliphatic heterocycles. The summed E-state index contributed by atoms with van der Waals surface area (Å²) in [6, 6.07) is 6.22. The first-order valence-electron chi connectivity index (χ1n) is 6.39. The van der Waals surface area contributed by atoms with Crippen molar-refractivity contribution >= 4 is 5.91 Å². The van der Waals surface area contributed by atoms with Crippen molar-refractivity contribution in [2.75, 3.05) is 19.7 Å². The number of aliphatic hydroxyl groups is 1. The van der Waals surface area contributed by atoms with Crippen LogP contribution in [0.15, 0.2) is 24.3 Å². The fourth-order valence-electron chi connectivity index (χ4n) is 1.69. The Bertz CT molecular complexity index is 393. The number of carbonyl (C=O) groups is 1. The largest absolute Gasteiger partial charge is 0.395 e. The van der Waals surface area contributed by atoms with Gasteiger partial charge in [0.1, 0.15) is 5.82 Å². The maximum Gasteiger partial charge on any atom is 0.234 e. The zero-order valence-electron chi connectivity index (χ0n) is 11.4. The van der Waals surface area contributed by atoms with Gasteiger partial charge < -0.3 is 10.4 Å². The van der Waals surface area contributed by atoms with Gasteiger partial charge in [-0.1, -0.05) is 12.1 Å². The lowest BCUT2D eigenvalue weighted by molar-refractivity contribution is -0.122. The molecular formula is C14H21FN2O2. The summed E-state index contributed by atoms with van der Waals surface area (Å²) in [5.74, 6) is -0.393. The molecule has 0 bridgehead atoms. The van der Waals surface area contributed by atoms with Crippen LogP contribution in [-0.4, -0.2) is 41.7 Å². The Kier molecular flexibility index (Phi) is 6.45. The first-order chi connectivity index (χ1) is 9.02. The van der Waals surface area contributed by atoms with E-state index in [1.165, 1.54) is 12.1 Å². The normalized spacial score (nSPS) is 11.1. The molecular weight excluding hydrogens is 247 g/mol. The van der Waals surface area contributed by atoms with Crippen LogP contribution in [0.2, 0.25) is 0 Å². The number of aliphatic hydroxyl groups excluding tert-OH is 1. The van der Waals surface area contributed by atoms with Gasteiger partial charge in [0.05, 0.1) is 13.2 Å². The molecule has 0 aromatic heterocycles. The van der Waals surface area contributed by atoms with Gasteiger partial charge in [-0.15, -0.1) is 0 Å². The molecule has 2 N–H and O–H groups in total. The molecule has 0 aliphatic rings. The molecule has 1 rings (SSSR count). The highest BCUT2D eigenvalue weighted by molar-refractivity contribution is 5.78. The molecule has 0 heterocycles. The molecule has 106 valence electrons. The van der Waals surface area contributed by atoms with Gasteiger partial charge in [0, 0.05) is 19.1 Å². The molecule has 0 fully saturated rings. The van der Waals surface area contributed by atoms with Gasteiger partial charge in [-0.25, -0.2) is 4.39 Å². The average Bonchev–Trinajstić information content (AvgIpc) is 2.37. The van der Waals surface area contributed by atoms with Crippen LogP contribution < -0.4 is 5.32 Å². The van der Waals surface area contributed by atoms with E-state index in [0.29, 0.717) is 13.1 Å². The highest BCUT2D eigenvalue weighted by Gasteiger charge is 2.12. The number of benzene rings is 1. The lowest BCUT2D eigenvalue weighted by Crippen LogP contribution is -2.41. The smallest absolute Gasteiger partial charge is 0.234 e. The van der Waals surface area contributed by atoms with Crippen molar-refractivity contribution < 1.29 is 14.3 Å². The molecule has 1 aromatic carbocycles. The van der Waals surface area contributed by atoms with Gasteiger partial charge in [-0.2, -0.15) is 0 Å². The Morgan fingerprint density at radius 2 is 2.00 bits per heavy atom. The quantitative estimate of drug-likeness (QED) is 0.780. The summed E-state index contributed by atoms with van der Waals surface area (Å²) in [4.78, 5) is 13.7. The van der Waals surface area contributed by atoms with Crippen LogP contribution >= 0.6 is 0 Å². The van der Waals surface area contributed by atoms with Crippen molar-refractivity contribution in [1.29, 1.82) is 0 Å². The summed E-state index contributed by atoms with van der Waals surface area (Å²) in [7, 11) is 0. The Hall–Kier alpha value is -1.46. The van der Waals surface area contributed by atoms with Gasteiger partial charge in [0.2, 0.25) is 5.91 Å². The third-order valence-corrected chi connectivity index (χ3v) is 2.87. The van der Waals surface area contributed by atoms with Gasteiger partial charge in [0.25, 0.3) is 0 Å². The molecule has 1 aromatic rings. The van der Waals surface area contributed by atoms with E-state index in [1.807, 2.05) is 18.7 Å². The van der Waals surface area contributed by atoms with Crippen molar-refractivity contribution in [3.63, 3.8) is 0 Å². The minimum Gasteiger partial charge on any atom is -0.395 e. The van der Waals surface area contributed by atoms with Crippen LogP contribution in [0.5, 0.6) is 0 Å². The second kappa shape index (κ2) is 7.86. The van der Waals surface area contributed by atoms with Crippen LogP contribution in [0.3, 0.4) is 0 Å². The molecule has 0 saturated carbocycles. The highest BCUT2D eigenvalue weighted by atomic mass is 19.1. The molecule has 0 aliphatic carbocycles. The number of nitrogens with one attached hydrogen (secondary N) is 1. The fraction of sp³-hybridized carbons (Fsp3) is 0.500. The molecule has 0 radical (unpaired) electrons. The number of halogens is 1. The summed E-state index contributed by atoms with van der Waals surface area (Å²) >= 11 is 0. The Morgan fingerprint density at radius 3 is 2.53 bits per heavy atom. The molecule has 1 amide bonds. The minimum atomic E-state index is -0.288. The first-order valence-corrected chi connectivity index (χ1v) is 6.39. The van der Waals surface area contributed by atoms with Crippen molar-refractivity contribution in [1.82, 2.24) is 10.2 Å². The zero-order valence-corrected chi connectivity index (χ0v) is 11.4. The first kappa shape index (κ1) is 15.6. The molecule has 0 saturated heterocycles. The molecule has 4 nitrogen and oxygen atoms in total. The molecule has 0 atom stereocenters. The number of carbonyl (C=O) groups excluding carboxylic acids is 1. The predicted octanol–water partition coefficient (Wildman–Crippen LogP) is 1.14. The summed E-state index contributed by atoms with van der Waals surface area (Å²) in [6.45, 7) is 5.08. The van der Waals surface area contributed by atoms with Crippen LogP contribution in [0.25, 0.3) is 0 Å². The standard InChI is InChI=1S/C14H21FN2O2/c1-11(2)17(7-8-18)10-14(19)16-9-12-3-5-13(15)6-4-12/h3-6,11,18H,7-10H2,1-2H3,(H,16,19). The molecule has 5 heteroatoms. The van der Waals surface area contributed by atoms with Crippen molar-refractivity contribution in [2.45, 2.75) is 26.4 Å². The summed E-state index contributed by atoms with van der Waals surface area (Å²) in [5, 5.41) is 11.7. The SMILES string of the molecule is CC(C)N(CCO)CC(=O)NCc1ccc(F)cc1. The van der Waals surface area contributed by atoms with E-state index in [9.17, 15) is 9.18 Å². The van der Waals surface area contributed by atoms with E-state index >= 15 is 0 Å². The Balaban J connectivity index is 2.40. The minimum absolute atomic E-state index is 0.0312. The number of hydrogen-bond donors (Lipinski definition) is 2. The van der Waals surface area contributed by atoms with E-state index in [1.54, 1.807) is 12.1 Å². The van der Waals surface area contributed by atoms with E-state index in [2.05, 4.69) is 5.32 Å². The highest BCUT2D eigenvalue weighted by Crippen LogP contribution is 2.02. The molecule has 0 spiro atoms. The predicted molar refractivity (Wildman–Crippen MR) is 72.0 cm³/mol. The average molecular weight is 268 g/mol. The van der Waals surface area contributed by atoms with E-state index in [-0.39, 0.29) is 30.9 Å². The fourth-order valence-corrected chi connectivity index (χ4v) is 1.69. The van der Waals surface area contributed by atoms with Crippen molar-refractivity contribution in [3.8, 4) is 0 Å². The summed E-state index contributed by atoms with van der Waals surface area (Å²) in [6.07, 6.45) is 0. The summed E-state index contributed by atoms with van der Waals surface area (Å²) < 4.78 is 12.7. The maximum absolute atomic E-state index is 12.7. The zero-order chi connectivity index (χ0) is 14.3.